The van der Waals surface area contributed by atoms with Crippen LogP contribution in [0.2, 0.25) is 39.3 Å². The van der Waals surface area contributed by atoms with E-state index in [2.05, 4.69) is 210 Å². The van der Waals surface area contributed by atoms with Crippen LogP contribution in [-0.2, 0) is 31.7 Å². The molecule has 7 heteroatoms. The van der Waals surface area contributed by atoms with Crippen LogP contribution in [0.25, 0.3) is 43.8 Å². The molecule has 0 amide bonds. The van der Waals surface area contributed by atoms with Crippen molar-refractivity contribution in [3.8, 4) is 22.3 Å². The monoisotopic (exact) mass is 881 g/mol. The third-order valence-electron chi connectivity index (χ3n) is 10.5. The van der Waals surface area contributed by atoms with E-state index in [9.17, 15) is 0 Å². The van der Waals surface area contributed by atoms with Crippen molar-refractivity contribution < 1.29 is 20.8 Å². The molecule has 0 saturated carbocycles. The van der Waals surface area contributed by atoms with E-state index in [-0.39, 0.29) is 10.8 Å². The van der Waals surface area contributed by atoms with Crippen molar-refractivity contribution in [1.82, 2.24) is 4.14 Å². The zero-order valence-electron chi connectivity index (χ0n) is 36.5. The summed E-state index contributed by atoms with van der Waals surface area (Å²) >= 11 is -0.826. The Bertz CT molecular complexity index is 2020. The van der Waals surface area contributed by atoms with Crippen LogP contribution >= 0.6 is 17.0 Å². The van der Waals surface area contributed by atoms with E-state index >= 15 is 0 Å². The van der Waals surface area contributed by atoms with Gasteiger partial charge in [0.2, 0.25) is 0 Å². The van der Waals surface area contributed by atoms with Gasteiger partial charge in [-0.3, -0.25) is 0 Å². The van der Waals surface area contributed by atoms with Crippen molar-refractivity contribution in [2.24, 2.45) is 0 Å². The Balaban J connectivity index is 0.000000227. The molecule has 6 aromatic carbocycles. The van der Waals surface area contributed by atoms with E-state index in [0.29, 0.717) is 0 Å². The first-order chi connectivity index (χ1) is 25.3. The maximum absolute atomic E-state index is 5.98. The Morgan fingerprint density at radius 2 is 0.818 bits per heavy atom. The van der Waals surface area contributed by atoms with Crippen LogP contribution in [0.4, 0.5) is 0 Å². The number of rotatable bonds is 4. The summed E-state index contributed by atoms with van der Waals surface area (Å²) in [6.07, 6.45) is 0. The predicted molar refractivity (Wildman–Crippen MR) is 252 cm³/mol. The van der Waals surface area contributed by atoms with E-state index in [1.165, 1.54) is 77.2 Å². The Hall–Kier alpha value is -1.98. The fourth-order valence-corrected chi connectivity index (χ4v) is 14.9. The van der Waals surface area contributed by atoms with Gasteiger partial charge in [0, 0.05) is 0 Å². The Labute approximate surface area is 357 Å². The molecule has 0 saturated heterocycles. The molecule has 0 heterocycles. The van der Waals surface area contributed by atoms with Crippen LogP contribution in [0.5, 0.6) is 0 Å². The molecule has 0 unspecified atom stereocenters. The third kappa shape index (κ3) is 12.5. The van der Waals surface area contributed by atoms with Crippen molar-refractivity contribution in [1.29, 1.82) is 0 Å². The van der Waals surface area contributed by atoms with Crippen molar-refractivity contribution in [3.63, 3.8) is 0 Å². The van der Waals surface area contributed by atoms with Crippen molar-refractivity contribution in [2.45, 2.75) is 119 Å². The topological polar surface area (TPSA) is 3.24 Å². The SMILES string of the molecule is Cc1cccc(-c2cccc3[cH-]c(C(C)(C)C)cc23)c1C.Cc1cccc(-c2cccc3[cH-]c(C(C)(C)C)cc23)c1C.[B]N([Si](C)(C)C)[Si](C)(C)C.[Cl][Zr+2][Cl]. The van der Waals surface area contributed by atoms with Crippen LogP contribution in [0.3, 0.4) is 0 Å². The molecule has 55 heavy (non-hydrogen) atoms. The molecule has 0 aromatic heterocycles. The summed E-state index contributed by atoms with van der Waals surface area (Å²) in [5.41, 5.74) is 14.1. The number of benzene rings is 4. The number of hydrogen-bond donors (Lipinski definition) is 0. The van der Waals surface area contributed by atoms with Gasteiger partial charge < -0.3 is 4.14 Å². The molecule has 290 valence electrons. The van der Waals surface area contributed by atoms with Crippen LogP contribution in [0.1, 0.15) is 74.9 Å². The Kier molecular flexibility index (Phi) is 16.5. The van der Waals surface area contributed by atoms with Crippen LogP contribution in [0.15, 0.2) is 97.1 Å². The molecule has 0 aliphatic carbocycles. The summed E-state index contributed by atoms with van der Waals surface area (Å²) in [5.74, 6) is 0. The molecular weight excluding hydrogens is 820 g/mol. The fourth-order valence-electron chi connectivity index (χ4n) is 6.90. The Morgan fingerprint density at radius 1 is 0.527 bits per heavy atom. The number of halogens is 2. The molecular formula is C48H64BCl2NSi2Zr. The molecule has 6 rings (SSSR count). The molecule has 0 aliphatic rings. The van der Waals surface area contributed by atoms with Crippen molar-refractivity contribution in [2.75, 3.05) is 0 Å². The third-order valence-corrected chi connectivity index (χ3v) is 17.4. The molecule has 0 N–H and O–H groups in total. The Morgan fingerprint density at radius 3 is 1.09 bits per heavy atom. The number of aryl methyl sites for hydroxylation is 2. The van der Waals surface area contributed by atoms with E-state index in [1.807, 2.05) is 0 Å². The summed E-state index contributed by atoms with van der Waals surface area (Å²) in [5, 5.41) is 5.43. The summed E-state index contributed by atoms with van der Waals surface area (Å²) in [7, 11) is 13.4. The van der Waals surface area contributed by atoms with Gasteiger partial charge in [0.05, 0.1) is 0 Å². The minimum atomic E-state index is -1.22. The molecule has 0 fully saturated rings. The average molecular weight is 884 g/mol. The van der Waals surface area contributed by atoms with Crippen molar-refractivity contribution >= 4 is 63.0 Å². The minimum absolute atomic E-state index is 0.192. The molecule has 0 spiro atoms. The van der Waals surface area contributed by atoms with Gasteiger partial charge in [-0.05, 0) is 71.9 Å². The molecule has 1 nitrogen and oxygen atoms in total. The average Bonchev–Trinajstić information content (AvgIpc) is 3.73. The van der Waals surface area contributed by atoms with E-state index in [0.717, 1.165) is 0 Å². The summed E-state index contributed by atoms with van der Waals surface area (Å²) in [4.78, 5) is 0. The van der Waals surface area contributed by atoms with Crippen LogP contribution < -0.4 is 0 Å². The van der Waals surface area contributed by atoms with Gasteiger partial charge in [-0.25, -0.2) is 0 Å². The van der Waals surface area contributed by atoms with Gasteiger partial charge in [0.25, 0.3) is 0 Å². The molecule has 2 radical (unpaired) electrons. The van der Waals surface area contributed by atoms with Crippen LogP contribution in [-0.4, -0.2) is 28.6 Å². The van der Waals surface area contributed by atoms with Crippen LogP contribution in [0, 0.1) is 27.7 Å². The second kappa shape index (κ2) is 19.2. The molecule has 0 atom stereocenters. The first kappa shape index (κ1) is 47.4. The van der Waals surface area contributed by atoms with Gasteiger partial charge >= 0.3 is 37.9 Å². The molecule has 6 aromatic rings. The normalized spacial score (nSPS) is 12.0. The van der Waals surface area contributed by atoms with Gasteiger partial charge in [0.15, 0.2) is 7.98 Å². The number of nitrogens with zero attached hydrogens (tertiary/aromatic N) is 1. The van der Waals surface area contributed by atoms with E-state index in [4.69, 9.17) is 25.0 Å². The van der Waals surface area contributed by atoms with E-state index < -0.39 is 37.3 Å². The predicted octanol–water partition coefficient (Wildman–Crippen LogP) is 15.7. The summed E-state index contributed by atoms with van der Waals surface area (Å²) in [6, 6.07) is 35.8. The molecule has 0 bridgehead atoms. The second-order valence-electron chi connectivity index (χ2n) is 18.9. The van der Waals surface area contributed by atoms with Gasteiger partial charge in [-0.1, -0.05) is 140 Å². The summed E-state index contributed by atoms with van der Waals surface area (Å²) in [6.45, 7) is 36.2. The number of hydrogen-bond acceptors (Lipinski definition) is 1. The first-order valence-electron chi connectivity index (χ1n) is 19.4. The van der Waals surface area contributed by atoms with Gasteiger partial charge in [-0.15, -0.1) is 69.1 Å². The zero-order valence-corrected chi connectivity index (χ0v) is 42.5. The quantitative estimate of drug-likeness (QED) is 0.126. The zero-order chi connectivity index (χ0) is 41.7. The standard InChI is InChI=1S/2C21H23.C6H18BNSi2.2ClH.Zr/c2*1-14-8-6-10-18(15(14)2)19-11-7-9-16-12-17(13-20(16)19)21(3,4)5;1-9(2,3)8(7)10(4,5)6;;;/h2*6-13H,1-5H3;1-6H3;2*1H;/q2*-1;;;;+4/p-2. The summed E-state index contributed by atoms with van der Waals surface area (Å²) < 4.78 is 2.15. The van der Waals surface area contributed by atoms with Crippen molar-refractivity contribution in [3.05, 3.63) is 130 Å². The van der Waals surface area contributed by atoms with Gasteiger partial charge in [-0.2, -0.15) is 12.1 Å². The molecule has 0 aliphatic heterocycles. The first-order valence-corrected chi connectivity index (χ1v) is 32.6. The van der Waals surface area contributed by atoms with E-state index in [1.54, 1.807) is 0 Å². The second-order valence-corrected chi connectivity index (χ2v) is 32.7. The maximum atomic E-state index is 5.98. The number of fused-ring (bicyclic) bond motifs is 2. The van der Waals surface area contributed by atoms with Gasteiger partial charge in [0.1, 0.15) is 16.5 Å². The fraction of sp³-hybridized carbons (Fsp3) is 0.375.